The van der Waals surface area contributed by atoms with Crippen molar-refractivity contribution in [2.45, 2.75) is 18.9 Å². The third-order valence-electron chi connectivity index (χ3n) is 2.55. The normalized spacial score (nSPS) is 24.8. The summed E-state index contributed by atoms with van der Waals surface area (Å²) in [5, 5.41) is 0. The van der Waals surface area contributed by atoms with E-state index in [0.29, 0.717) is 5.92 Å². The van der Waals surface area contributed by atoms with Gasteiger partial charge < -0.3 is 15.5 Å². The molecule has 2 rings (SSSR count). The highest BCUT2D eigenvalue weighted by Crippen LogP contribution is 2.17. The van der Waals surface area contributed by atoms with Crippen molar-refractivity contribution >= 4 is 0 Å². The van der Waals surface area contributed by atoms with Crippen LogP contribution >= 0.6 is 0 Å². The lowest BCUT2D eigenvalue weighted by molar-refractivity contribution is 0.180. The molecule has 0 bridgehead atoms. The van der Waals surface area contributed by atoms with Crippen LogP contribution in [0.25, 0.3) is 0 Å². The van der Waals surface area contributed by atoms with Gasteiger partial charge in [-0.1, -0.05) is 0 Å². The maximum atomic E-state index is 6.03. The van der Waals surface area contributed by atoms with E-state index in [4.69, 9.17) is 10.5 Å². The SMILES string of the molecule is NC(Cc1ncc[nH]1)C1CCOC1. The average molecular weight is 181 g/mol. The first-order chi connectivity index (χ1) is 6.36. The summed E-state index contributed by atoms with van der Waals surface area (Å²) < 4.78 is 5.29. The van der Waals surface area contributed by atoms with Crippen LogP contribution in [0.15, 0.2) is 12.4 Å². The molecule has 1 aliphatic rings. The first-order valence-electron chi connectivity index (χ1n) is 4.68. The number of H-pyrrole nitrogens is 1. The fourth-order valence-corrected chi connectivity index (χ4v) is 1.69. The smallest absolute Gasteiger partial charge is 0.107 e. The van der Waals surface area contributed by atoms with E-state index in [-0.39, 0.29) is 6.04 Å². The lowest BCUT2D eigenvalue weighted by Crippen LogP contribution is -2.32. The molecule has 0 aliphatic carbocycles. The molecule has 2 heterocycles. The number of ether oxygens (including phenoxy) is 1. The Hall–Kier alpha value is -0.870. The van der Waals surface area contributed by atoms with Gasteiger partial charge in [-0.25, -0.2) is 4.98 Å². The van der Waals surface area contributed by atoms with E-state index in [0.717, 1.165) is 31.9 Å². The average Bonchev–Trinajstić information content (AvgIpc) is 2.74. The predicted octanol–water partition coefficient (Wildman–Crippen LogP) is 0.316. The molecule has 0 saturated carbocycles. The van der Waals surface area contributed by atoms with E-state index in [1.54, 1.807) is 6.20 Å². The molecule has 1 saturated heterocycles. The molecule has 4 nitrogen and oxygen atoms in total. The quantitative estimate of drug-likeness (QED) is 0.705. The summed E-state index contributed by atoms with van der Waals surface area (Å²) >= 11 is 0. The third-order valence-corrected chi connectivity index (χ3v) is 2.55. The van der Waals surface area contributed by atoms with Crippen LogP contribution in [0.4, 0.5) is 0 Å². The van der Waals surface area contributed by atoms with Gasteiger partial charge in [0.2, 0.25) is 0 Å². The minimum Gasteiger partial charge on any atom is -0.381 e. The Morgan fingerprint density at radius 3 is 3.31 bits per heavy atom. The van der Waals surface area contributed by atoms with E-state index in [1.165, 1.54) is 0 Å². The van der Waals surface area contributed by atoms with E-state index in [9.17, 15) is 0 Å². The zero-order chi connectivity index (χ0) is 9.10. The zero-order valence-corrected chi connectivity index (χ0v) is 7.57. The number of nitrogens with one attached hydrogen (secondary N) is 1. The van der Waals surface area contributed by atoms with Gasteiger partial charge in [-0.05, 0) is 12.3 Å². The molecule has 2 atom stereocenters. The fourth-order valence-electron chi connectivity index (χ4n) is 1.69. The highest BCUT2D eigenvalue weighted by Gasteiger charge is 2.23. The maximum absolute atomic E-state index is 6.03. The van der Waals surface area contributed by atoms with Crippen LogP contribution in [0, 0.1) is 5.92 Å². The molecule has 1 fully saturated rings. The van der Waals surface area contributed by atoms with Crippen molar-refractivity contribution in [3.63, 3.8) is 0 Å². The predicted molar refractivity (Wildman–Crippen MR) is 49.2 cm³/mol. The summed E-state index contributed by atoms with van der Waals surface area (Å²) in [4.78, 5) is 7.21. The highest BCUT2D eigenvalue weighted by atomic mass is 16.5. The maximum Gasteiger partial charge on any atom is 0.107 e. The Labute approximate surface area is 77.5 Å². The van der Waals surface area contributed by atoms with Gasteiger partial charge in [0.1, 0.15) is 5.82 Å². The summed E-state index contributed by atoms with van der Waals surface area (Å²) in [5.41, 5.74) is 6.03. The Morgan fingerprint density at radius 2 is 2.69 bits per heavy atom. The lowest BCUT2D eigenvalue weighted by Gasteiger charge is -2.15. The fraction of sp³-hybridized carbons (Fsp3) is 0.667. The number of hydrogen-bond donors (Lipinski definition) is 2. The number of nitrogens with zero attached hydrogens (tertiary/aromatic N) is 1. The van der Waals surface area contributed by atoms with Gasteiger partial charge in [0.25, 0.3) is 0 Å². The molecule has 1 aliphatic heterocycles. The van der Waals surface area contributed by atoms with Gasteiger partial charge in [0.15, 0.2) is 0 Å². The van der Waals surface area contributed by atoms with Crippen LogP contribution in [0.2, 0.25) is 0 Å². The monoisotopic (exact) mass is 181 g/mol. The van der Waals surface area contributed by atoms with E-state index in [2.05, 4.69) is 9.97 Å². The molecule has 72 valence electrons. The van der Waals surface area contributed by atoms with Crippen LogP contribution < -0.4 is 5.73 Å². The molecule has 3 N–H and O–H groups in total. The molecule has 13 heavy (non-hydrogen) atoms. The highest BCUT2D eigenvalue weighted by molar-refractivity contribution is 4.92. The van der Waals surface area contributed by atoms with Crippen LogP contribution in [-0.4, -0.2) is 29.2 Å². The molecular weight excluding hydrogens is 166 g/mol. The second-order valence-electron chi connectivity index (χ2n) is 3.53. The molecule has 0 aromatic carbocycles. The van der Waals surface area contributed by atoms with Gasteiger partial charge in [-0.2, -0.15) is 0 Å². The zero-order valence-electron chi connectivity index (χ0n) is 7.57. The lowest BCUT2D eigenvalue weighted by atomic mass is 9.97. The van der Waals surface area contributed by atoms with Crippen molar-refractivity contribution in [3.05, 3.63) is 18.2 Å². The van der Waals surface area contributed by atoms with Crippen molar-refractivity contribution in [3.8, 4) is 0 Å². The number of imidazole rings is 1. The van der Waals surface area contributed by atoms with Crippen LogP contribution in [0.1, 0.15) is 12.2 Å². The van der Waals surface area contributed by atoms with Gasteiger partial charge in [0, 0.05) is 31.5 Å². The summed E-state index contributed by atoms with van der Waals surface area (Å²) in [6.07, 6.45) is 5.49. The van der Waals surface area contributed by atoms with Crippen LogP contribution in [0.5, 0.6) is 0 Å². The summed E-state index contributed by atoms with van der Waals surface area (Å²) in [7, 11) is 0. The Morgan fingerprint density at radius 1 is 1.77 bits per heavy atom. The van der Waals surface area contributed by atoms with Gasteiger partial charge in [0.05, 0.1) is 6.61 Å². The second kappa shape index (κ2) is 3.89. The van der Waals surface area contributed by atoms with Crippen molar-refractivity contribution in [1.29, 1.82) is 0 Å². The first-order valence-corrected chi connectivity index (χ1v) is 4.68. The number of hydrogen-bond acceptors (Lipinski definition) is 3. The first kappa shape index (κ1) is 8.72. The Bertz CT molecular complexity index is 241. The molecule has 1 aromatic rings. The Kier molecular flexibility index (Phi) is 2.61. The standard InChI is InChI=1S/C9H15N3O/c10-8(7-1-4-13-6-7)5-9-11-2-3-12-9/h2-3,7-8H,1,4-6,10H2,(H,11,12). The van der Waals surface area contributed by atoms with Gasteiger partial charge in [-0.15, -0.1) is 0 Å². The molecule has 0 amide bonds. The van der Waals surface area contributed by atoms with Crippen molar-refractivity contribution < 1.29 is 4.74 Å². The second-order valence-corrected chi connectivity index (χ2v) is 3.53. The van der Waals surface area contributed by atoms with Crippen molar-refractivity contribution in [1.82, 2.24) is 9.97 Å². The third kappa shape index (κ3) is 2.08. The molecule has 1 aromatic heterocycles. The molecular formula is C9H15N3O. The molecule has 2 unspecified atom stereocenters. The van der Waals surface area contributed by atoms with Gasteiger partial charge in [-0.3, -0.25) is 0 Å². The van der Waals surface area contributed by atoms with Crippen molar-refractivity contribution in [2.75, 3.05) is 13.2 Å². The summed E-state index contributed by atoms with van der Waals surface area (Å²) in [6.45, 7) is 1.67. The largest absolute Gasteiger partial charge is 0.381 e. The number of nitrogens with two attached hydrogens (primary N) is 1. The van der Waals surface area contributed by atoms with Gasteiger partial charge >= 0.3 is 0 Å². The number of aromatic nitrogens is 2. The molecule has 4 heteroatoms. The molecule has 0 spiro atoms. The number of aromatic amines is 1. The minimum absolute atomic E-state index is 0.175. The number of rotatable bonds is 3. The summed E-state index contributed by atoms with van der Waals surface area (Å²) in [6, 6.07) is 0.175. The van der Waals surface area contributed by atoms with E-state index < -0.39 is 0 Å². The van der Waals surface area contributed by atoms with Crippen molar-refractivity contribution in [2.24, 2.45) is 11.7 Å². The topological polar surface area (TPSA) is 63.9 Å². The van der Waals surface area contributed by atoms with Crippen LogP contribution in [-0.2, 0) is 11.2 Å². The Balaban J connectivity index is 1.87. The van der Waals surface area contributed by atoms with Crippen LogP contribution in [0.3, 0.4) is 0 Å². The van der Waals surface area contributed by atoms with E-state index in [1.807, 2.05) is 6.20 Å². The van der Waals surface area contributed by atoms with E-state index >= 15 is 0 Å². The molecule has 0 radical (unpaired) electrons. The summed E-state index contributed by atoms with van der Waals surface area (Å²) in [5.74, 6) is 1.48. The minimum atomic E-state index is 0.175.